The van der Waals surface area contributed by atoms with Gasteiger partial charge in [-0.2, -0.15) is 0 Å². The molecule has 7 heteroatoms. The van der Waals surface area contributed by atoms with Gasteiger partial charge in [-0.15, -0.1) is 10.2 Å². The second kappa shape index (κ2) is 7.35. The lowest BCUT2D eigenvalue weighted by Crippen LogP contribution is -2.00. The Bertz CT molecular complexity index is 835. The third-order valence-electron chi connectivity index (χ3n) is 3.40. The monoisotopic (exact) mass is 389 g/mol. The minimum Gasteiger partial charge on any atom is -0.493 e. The Morgan fingerprint density at radius 1 is 1.04 bits per heavy atom. The average Bonchev–Trinajstić information content (AvgIpc) is 3.09. The lowest BCUT2D eigenvalue weighted by molar-refractivity contribution is 0.355. The van der Waals surface area contributed by atoms with Crippen molar-refractivity contribution in [1.82, 2.24) is 10.2 Å². The molecule has 1 heterocycles. The predicted molar refractivity (Wildman–Crippen MR) is 94.3 cm³/mol. The number of hydrogen-bond donors (Lipinski definition) is 1. The SMILES string of the molecule is COc1ccc(-c2nnc(CNc3ccccc3Br)o2)cc1OC. The molecule has 0 saturated carbocycles. The van der Waals surface area contributed by atoms with Crippen molar-refractivity contribution < 1.29 is 13.9 Å². The third-order valence-corrected chi connectivity index (χ3v) is 4.09. The van der Waals surface area contributed by atoms with Crippen LogP contribution in [0.3, 0.4) is 0 Å². The number of aromatic nitrogens is 2. The van der Waals surface area contributed by atoms with E-state index in [1.807, 2.05) is 30.3 Å². The first kappa shape index (κ1) is 16.3. The molecule has 0 atom stereocenters. The Balaban J connectivity index is 1.75. The summed E-state index contributed by atoms with van der Waals surface area (Å²) in [6, 6.07) is 13.3. The molecule has 0 spiro atoms. The number of nitrogens with zero attached hydrogens (tertiary/aromatic N) is 2. The van der Waals surface area contributed by atoms with Gasteiger partial charge in [0.2, 0.25) is 11.8 Å². The van der Waals surface area contributed by atoms with Gasteiger partial charge in [0.05, 0.1) is 20.8 Å². The molecule has 6 nitrogen and oxygen atoms in total. The van der Waals surface area contributed by atoms with E-state index in [-0.39, 0.29) is 0 Å². The predicted octanol–water partition coefficient (Wildman–Crippen LogP) is 4.13. The van der Waals surface area contributed by atoms with Gasteiger partial charge in [0, 0.05) is 15.7 Å². The summed E-state index contributed by atoms with van der Waals surface area (Å²) in [6.45, 7) is 0.433. The number of para-hydroxylation sites is 1. The summed E-state index contributed by atoms with van der Waals surface area (Å²) in [5.74, 6) is 2.19. The van der Waals surface area contributed by atoms with Gasteiger partial charge < -0.3 is 19.2 Å². The number of hydrogen-bond acceptors (Lipinski definition) is 6. The van der Waals surface area contributed by atoms with E-state index in [2.05, 4.69) is 31.4 Å². The van der Waals surface area contributed by atoms with Gasteiger partial charge in [0.15, 0.2) is 11.5 Å². The van der Waals surface area contributed by atoms with E-state index in [4.69, 9.17) is 13.9 Å². The van der Waals surface area contributed by atoms with Gasteiger partial charge in [0.25, 0.3) is 0 Å². The molecular weight excluding hydrogens is 374 g/mol. The van der Waals surface area contributed by atoms with E-state index in [1.54, 1.807) is 26.4 Å². The third kappa shape index (κ3) is 3.51. The largest absolute Gasteiger partial charge is 0.493 e. The van der Waals surface area contributed by atoms with Crippen molar-refractivity contribution in [3.8, 4) is 23.0 Å². The molecule has 3 rings (SSSR count). The maximum Gasteiger partial charge on any atom is 0.247 e. The van der Waals surface area contributed by atoms with E-state index in [9.17, 15) is 0 Å². The van der Waals surface area contributed by atoms with Crippen LogP contribution in [0.15, 0.2) is 51.4 Å². The fraction of sp³-hybridized carbons (Fsp3) is 0.176. The van der Waals surface area contributed by atoms with Crippen LogP contribution in [-0.2, 0) is 6.54 Å². The van der Waals surface area contributed by atoms with Crippen LogP contribution >= 0.6 is 15.9 Å². The van der Waals surface area contributed by atoms with Crippen molar-refractivity contribution in [3.63, 3.8) is 0 Å². The lowest BCUT2D eigenvalue weighted by atomic mass is 10.2. The Morgan fingerprint density at radius 2 is 1.83 bits per heavy atom. The summed E-state index contributed by atoms with van der Waals surface area (Å²) in [7, 11) is 3.18. The number of rotatable bonds is 6. The van der Waals surface area contributed by atoms with Crippen molar-refractivity contribution >= 4 is 21.6 Å². The highest BCUT2D eigenvalue weighted by atomic mass is 79.9. The van der Waals surface area contributed by atoms with Crippen molar-refractivity contribution in [2.45, 2.75) is 6.54 Å². The Kier molecular flexibility index (Phi) is 5.00. The molecule has 0 bridgehead atoms. The highest BCUT2D eigenvalue weighted by Crippen LogP contribution is 2.31. The molecule has 0 aliphatic carbocycles. The van der Waals surface area contributed by atoms with Gasteiger partial charge >= 0.3 is 0 Å². The normalized spacial score (nSPS) is 10.5. The Labute approximate surface area is 147 Å². The van der Waals surface area contributed by atoms with Crippen LogP contribution < -0.4 is 14.8 Å². The molecule has 24 heavy (non-hydrogen) atoms. The highest BCUT2D eigenvalue weighted by molar-refractivity contribution is 9.10. The molecule has 0 fully saturated rings. The molecule has 0 amide bonds. The summed E-state index contributed by atoms with van der Waals surface area (Å²) in [5.41, 5.74) is 1.73. The molecule has 0 radical (unpaired) electrons. The molecule has 0 aliphatic rings. The lowest BCUT2D eigenvalue weighted by Gasteiger charge is -2.07. The van der Waals surface area contributed by atoms with Gasteiger partial charge in [-0.3, -0.25) is 0 Å². The molecule has 3 aromatic rings. The van der Waals surface area contributed by atoms with Crippen LogP contribution in [0.1, 0.15) is 5.89 Å². The summed E-state index contributed by atoms with van der Waals surface area (Å²) in [6.07, 6.45) is 0. The molecule has 0 unspecified atom stereocenters. The summed E-state index contributed by atoms with van der Waals surface area (Å²) < 4.78 is 17.2. The number of methoxy groups -OCH3 is 2. The first-order valence-corrected chi connectivity index (χ1v) is 8.03. The highest BCUT2D eigenvalue weighted by Gasteiger charge is 2.12. The first-order chi connectivity index (χ1) is 11.7. The van der Waals surface area contributed by atoms with E-state index in [0.717, 1.165) is 15.7 Å². The molecule has 2 aromatic carbocycles. The van der Waals surface area contributed by atoms with Gasteiger partial charge in [0.1, 0.15) is 0 Å². The van der Waals surface area contributed by atoms with E-state index in [1.165, 1.54) is 0 Å². The number of benzene rings is 2. The zero-order valence-corrected chi connectivity index (χ0v) is 14.8. The molecular formula is C17H16BrN3O3. The fourth-order valence-corrected chi connectivity index (χ4v) is 2.61. The zero-order valence-electron chi connectivity index (χ0n) is 13.2. The van der Waals surface area contributed by atoms with Crippen molar-refractivity contribution in [2.24, 2.45) is 0 Å². The zero-order chi connectivity index (χ0) is 16.9. The van der Waals surface area contributed by atoms with Crippen LogP contribution in [0.25, 0.3) is 11.5 Å². The maximum atomic E-state index is 5.71. The van der Waals surface area contributed by atoms with Crippen molar-refractivity contribution in [3.05, 3.63) is 52.8 Å². The first-order valence-electron chi connectivity index (χ1n) is 7.24. The standard InChI is InChI=1S/C17H16BrN3O3/c1-22-14-8-7-11(9-15(14)23-2)17-21-20-16(24-17)10-19-13-6-4-3-5-12(13)18/h3-9,19H,10H2,1-2H3. The second-order valence-electron chi connectivity index (χ2n) is 4.90. The number of nitrogens with one attached hydrogen (secondary N) is 1. The number of halogens is 1. The molecule has 0 saturated heterocycles. The summed E-state index contributed by atoms with van der Waals surface area (Å²) in [4.78, 5) is 0. The minimum atomic E-state index is 0.430. The quantitative estimate of drug-likeness (QED) is 0.683. The number of ether oxygens (including phenoxy) is 2. The number of anilines is 1. The van der Waals surface area contributed by atoms with Gasteiger partial charge in [-0.05, 0) is 46.3 Å². The minimum absolute atomic E-state index is 0.430. The topological polar surface area (TPSA) is 69.4 Å². The van der Waals surface area contributed by atoms with Crippen LogP contribution in [-0.4, -0.2) is 24.4 Å². The molecule has 0 aliphatic heterocycles. The molecule has 124 valence electrons. The Morgan fingerprint density at radius 3 is 2.58 bits per heavy atom. The maximum absolute atomic E-state index is 5.71. The molecule has 1 N–H and O–H groups in total. The Hall–Kier alpha value is -2.54. The van der Waals surface area contributed by atoms with E-state index in [0.29, 0.717) is 29.8 Å². The smallest absolute Gasteiger partial charge is 0.247 e. The second-order valence-corrected chi connectivity index (χ2v) is 5.76. The van der Waals surface area contributed by atoms with Crippen molar-refractivity contribution in [2.75, 3.05) is 19.5 Å². The van der Waals surface area contributed by atoms with Crippen molar-refractivity contribution in [1.29, 1.82) is 0 Å². The average molecular weight is 390 g/mol. The van der Waals surface area contributed by atoms with Crippen LogP contribution in [0, 0.1) is 0 Å². The summed E-state index contributed by atoms with van der Waals surface area (Å²) in [5, 5.41) is 11.4. The fourth-order valence-electron chi connectivity index (χ4n) is 2.19. The summed E-state index contributed by atoms with van der Waals surface area (Å²) >= 11 is 3.49. The van der Waals surface area contributed by atoms with Gasteiger partial charge in [-0.1, -0.05) is 12.1 Å². The van der Waals surface area contributed by atoms with Crippen LogP contribution in [0.5, 0.6) is 11.5 Å². The van der Waals surface area contributed by atoms with Gasteiger partial charge in [-0.25, -0.2) is 0 Å². The van der Waals surface area contributed by atoms with Crippen LogP contribution in [0.4, 0.5) is 5.69 Å². The molecule has 1 aromatic heterocycles. The van der Waals surface area contributed by atoms with E-state index < -0.39 is 0 Å². The van der Waals surface area contributed by atoms with E-state index >= 15 is 0 Å². The van der Waals surface area contributed by atoms with Crippen LogP contribution in [0.2, 0.25) is 0 Å².